The van der Waals surface area contributed by atoms with E-state index in [0.717, 1.165) is 6.54 Å². The summed E-state index contributed by atoms with van der Waals surface area (Å²) >= 11 is 0. The van der Waals surface area contributed by atoms with Crippen LogP contribution >= 0.6 is 0 Å². The lowest BCUT2D eigenvalue weighted by Gasteiger charge is -2.12. The van der Waals surface area contributed by atoms with Gasteiger partial charge in [-0.3, -0.25) is 9.59 Å². The molecule has 1 aromatic carbocycles. The van der Waals surface area contributed by atoms with Gasteiger partial charge in [-0.25, -0.2) is 0 Å². The third-order valence-electron chi connectivity index (χ3n) is 3.09. The third kappa shape index (κ3) is 5.53. The first kappa shape index (κ1) is 16.4. The molecule has 0 radical (unpaired) electrons. The van der Waals surface area contributed by atoms with E-state index in [2.05, 4.69) is 5.32 Å². The van der Waals surface area contributed by atoms with Crippen LogP contribution in [0.25, 0.3) is 0 Å². The molecule has 1 N–H and O–H groups in total. The molecule has 110 valence electrons. The summed E-state index contributed by atoms with van der Waals surface area (Å²) in [6, 6.07) is 9.99. The van der Waals surface area contributed by atoms with Crippen LogP contribution in [0.1, 0.15) is 32.3 Å². The van der Waals surface area contributed by atoms with Crippen LogP contribution in [0.5, 0.6) is 0 Å². The molecule has 0 aliphatic carbocycles. The smallest absolute Gasteiger partial charge is 0.316 e. The number of benzene rings is 1. The lowest BCUT2D eigenvalue weighted by Crippen LogP contribution is -2.28. The van der Waals surface area contributed by atoms with Gasteiger partial charge in [0, 0.05) is 19.5 Å². The van der Waals surface area contributed by atoms with Gasteiger partial charge >= 0.3 is 5.97 Å². The van der Waals surface area contributed by atoms with Crippen molar-refractivity contribution in [3.8, 4) is 0 Å². The maximum atomic E-state index is 12.0. The normalized spacial score (nSPS) is 11.9. The summed E-state index contributed by atoms with van der Waals surface area (Å²) in [5.74, 6) is -1.07. The van der Waals surface area contributed by atoms with Crippen molar-refractivity contribution in [1.82, 2.24) is 5.32 Å². The summed E-state index contributed by atoms with van der Waals surface area (Å²) in [4.78, 5) is 23.6. The molecule has 0 saturated carbocycles. The maximum Gasteiger partial charge on any atom is 0.316 e. The Morgan fingerprint density at radius 2 is 1.90 bits per heavy atom. The van der Waals surface area contributed by atoms with Crippen LogP contribution in [0.15, 0.2) is 30.3 Å². The van der Waals surface area contributed by atoms with Gasteiger partial charge in [0.15, 0.2) is 0 Å². The summed E-state index contributed by atoms with van der Waals surface area (Å²) in [7, 11) is 0. The summed E-state index contributed by atoms with van der Waals surface area (Å²) in [6.07, 6.45) is 0.848. The number of carbonyl (C=O) groups excluding carboxylic acids is 2. The van der Waals surface area contributed by atoms with Gasteiger partial charge in [-0.1, -0.05) is 37.3 Å². The molecule has 1 unspecified atom stereocenters. The predicted octanol–water partition coefficient (Wildman–Crippen LogP) is 2.32. The second-order valence-corrected chi connectivity index (χ2v) is 4.59. The van der Waals surface area contributed by atoms with E-state index in [0.29, 0.717) is 26.0 Å². The molecule has 4 nitrogen and oxygen atoms in total. The van der Waals surface area contributed by atoms with E-state index in [1.54, 1.807) is 6.92 Å². The molecular weight excluding hydrogens is 254 g/mol. The Labute approximate surface area is 120 Å². The Morgan fingerprint density at radius 1 is 1.20 bits per heavy atom. The van der Waals surface area contributed by atoms with Crippen molar-refractivity contribution in [3.05, 3.63) is 35.9 Å². The zero-order chi connectivity index (χ0) is 14.8. The number of ketones is 1. The minimum Gasteiger partial charge on any atom is -0.465 e. The maximum absolute atomic E-state index is 12.0. The molecule has 1 atom stereocenters. The Kier molecular flexibility index (Phi) is 7.58. The SMILES string of the molecule is CCOC(=O)C(CC)C(=O)CCNCc1ccccc1. The highest BCUT2D eigenvalue weighted by atomic mass is 16.5. The molecule has 1 aromatic rings. The average Bonchev–Trinajstić information content (AvgIpc) is 2.46. The number of carbonyl (C=O) groups is 2. The Balaban J connectivity index is 2.29. The van der Waals surface area contributed by atoms with E-state index < -0.39 is 11.9 Å². The largest absolute Gasteiger partial charge is 0.465 e. The highest BCUT2D eigenvalue weighted by Gasteiger charge is 2.25. The minimum absolute atomic E-state index is 0.0495. The number of Topliss-reactive ketones (excluding diaryl/α,β-unsaturated/α-hetero) is 1. The van der Waals surface area contributed by atoms with E-state index in [1.165, 1.54) is 5.56 Å². The molecule has 0 fully saturated rings. The second-order valence-electron chi connectivity index (χ2n) is 4.59. The van der Waals surface area contributed by atoms with Gasteiger partial charge < -0.3 is 10.1 Å². The number of esters is 1. The Bertz CT molecular complexity index is 417. The molecule has 0 aliphatic heterocycles. The molecule has 0 aliphatic rings. The lowest BCUT2D eigenvalue weighted by molar-refractivity contribution is -0.151. The summed E-state index contributed by atoms with van der Waals surface area (Å²) in [5.41, 5.74) is 1.18. The molecule has 0 aromatic heterocycles. The number of rotatable bonds is 9. The van der Waals surface area contributed by atoms with E-state index in [4.69, 9.17) is 4.74 Å². The van der Waals surface area contributed by atoms with Crippen LogP contribution in [0.2, 0.25) is 0 Å². The van der Waals surface area contributed by atoms with Crippen LogP contribution in [-0.2, 0) is 20.9 Å². The topological polar surface area (TPSA) is 55.4 Å². The van der Waals surface area contributed by atoms with Gasteiger partial charge in [-0.05, 0) is 18.9 Å². The Morgan fingerprint density at radius 3 is 2.50 bits per heavy atom. The van der Waals surface area contributed by atoms with Gasteiger partial charge in [0.2, 0.25) is 0 Å². The van der Waals surface area contributed by atoms with Crippen LogP contribution in [0.4, 0.5) is 0 Å². The zero-order valence-corrected chi connectivity index (χ0v) is 12.2. The number of hydrogen-bond donors (Lipinski definition) is 1. The van der Waals surface area contributed by atoms with Crippen molar-refractivity contribution < 1.29 is 14.3 Å². The zero-order valence-electron chi connectivity index (χ0n) is 12.2. The quantitative estimate of drug-likeness (QED) is 0.427. The van der Waals surface area contributed by atoms with Crippen molar-refractivity contribution in [1.29, 1.82) is 0 Å². The monoisotopic (exact) mass is 277 g/mol. The number of nitrogens with one attached hydrogen (secondary N) is 1. The van der Waals surface area contributed by atoms with Crippen molar-refractivity contribution in [2.24, 2.45) is 5.92 Å². The van der Waals surface area contributed by atoms with Gasteiger partial charge in [0.25, 0.3) is 0 Å². The van der Waals surface area contributed by atoms with E-state index in [9.17, 15) is 9.59 Å². The van der Waals surface area contributed by atoms with E-state index in [-0.39, 0.29) is 5.78 Å². The molecule has 0 amide bonds. The second kappa shape index (κ2) is 9.26. The van der Waals surface area contributed by atoms with Crippen molar-refractivity contribution in [3.63, 3.8) is 0 Å². The van der Waals surface area contributed by atoms with Gasteiger partial charge in [0.05, 0.1) is 6.61 Å². The summed E-state index contributed by atoms with van der Waals surface area (Å²) in [5, 5.41) is 3.21. The highest BCUT2D eigenvalue weighted by molar-refractivity contribution is 5.98. The fourth-order valence-electron chi connectivity index (χ4n) is 1.98. The minimum atomic E-state index is -0.617. The standard InChI is InChI=1S/C16H23NO3/c1-3-14(16(19)20-4-2)15(18)10-11-17-12-13-8-6-5-7-9-13/h5-9,14,17H,3-4,10-12H2,1-2H3. The average molecular weight is 277 g/mol. The van der Waals surface area contributed by atoms with E-state index >= 15 is 0 Å². The van der Waals surface area contributed by atoms with Crippen LogP contribution in [0, 0.1) is 5.92 Å². The van der Waals surface area contributed by atoms with Gasteiger partial charge in [-0.2, -0.15) is 0 Å². The summed E-state index contributed by atoms with van der Waals surface area (Å²) in [6.45, 7) is 5.19. The molecule has 0 spiro atoms. The van der Waals surface area contributed by atoms with Crippen LogP contribution in [0.3, 0.4) is 0 Å². The molecule has 4 heteroatoms. The number of ether oxygens (including phenoxy) is 1. The van der Waals surface area contributed by atoms with Crippen LogP contribution in [-0.4, -0.2) is 24.9 Å². The first-order valence-electron chi connectivity index (χ1n) is 7.13. The molecular formula is C16H23NO3. The molecule has 20 heavy (non-hydrogen) atoms. The first-order chi connectivity index (χ1) is 9.69. The molecule has 0 bridgehead atoms. The highest BCUT2D eigenvalue weighted by Crippen LogP contribution is 2.09. The van der Waals surface area contributed by atoms with Crippen molar-refractivity contribution >= 4 is 11.8 Å². The predicted molar refractivity (Wildman–Crippen MR) is 78.2 cm³/mol. The van der Waals surface area contributed by atoms with E-state index in [1.807, 2.05) is 37.3 Å². The fraction of sp³-hybridized carbons (Fsp3) is 0.500. The molecule has 0 heterocycles. The summed E-state index contributed by atoms with van der Waals surface area (Å²) < 4.78 is 4.91. The van der Waals surface area contributed by atoms with Gasteiger partial charge in [0.1, 0.15) is 11.7 Å². The third-order valence-corrected chi connectivity index (χ3v) is 3.09. The molecule has 0 saturated heterocycles. The van der Waals surface area contributed by atoms with Crippen molar-refractivity contribution in [2.75, 3.05) is 13.2 Å². The Hall–Kier alpha value is -1.68. The van der Waals surface area contributed by atoms with Gasteiger partial charge in [-0.15, -0.1) is 0 Å². The first-order valence-corrected chi connectivity index (χ1v) is 7.13. The van der Waals surface area contributed by atoms with Crippen molar-refractivity contribution in [2.45, 2.75) is 33.2 Å². The van der Waals surface area contributed by atoms with Crippen LogP contribution < -0.4 is 5.32 Å². The fourth-order valence-corrected chi connectivity index (χ4v) is 1.98. The number of hydrogen-bond acceptors (Lipinski definition) is 4. The lowest BCUT2D eigenvalue weighted by atomic mass is 9.99. The molecule has 1 rings (SSSR count).